The number of benzene rings is 1. The summed E-state index contributed by atoms with van der Waals surface area (Å²) in [6, 6.07) is 5.68. The number of carbonyl (C=O) groups is 1. The number of nitro groups is 1. The van der Waals surface area contributed by atoms with Gasteiger partial charge in [0.25, 0.3) is 11.6 Å². The van der Waals surface area contributed by atoms with Crippen molar-refractivity contribution < 1.29 is 23.6 Å². The van der Waals surface area contributed by atoms with Crippen molar-refractivity contribution in [3.8, 4) is 11.5 Å². The molecule has 23 heavy (non-hydrogen) atoms. The molecule has 0 saturated carbocycles. The van der Waals surface area contributed by atoms with E-state index in [0.717, 1.165) is 0 Å². The first kappa shape index (κ1) is 16.6. The summed E-state index contributed by atoms with van der Waals surface area (Å²) in [4.78, 5) is 21.6. The van der Waals surface area contributed by atoms with Crippen molar-refractivity contribution in [2.45, 2.75) is 20.0 Å². The van der Waals surface area contributed by atoms with Crippen LogP contribution in [0.15, 0.2) is 28.7 Å². The summed E-state index contributed by atoms with van der Waals surface area (Å²) in [6.45, 7) is 3.63. The molecule has 1 atom stereocenters. The summed E-state index contributed by atoms with van der Waals surface area (Å²) in [5.41, 5.74) is 0.494. The molecule has 0 bridgehead atoms. The highest BCUT2D eigenvalue weighted by atomic mass is 16.6. The normalized spacial score (nSPS) is 11.9. The fourth-order valence-corrected chi connectivity index (χ4v) is 1.71. The van der Waals surface area contributed by atoms with Gasteiger partial charge in [0.1, 0.15) is 6.61 Å². The minimum absolute atomic E-state index is 0.0355. The highest BCUT2D eigenvalue weighted by Gasteiger charge is 2.19. The predicted molar refractivity (Wildman–Crippen MR) is 77.4 cm³/mol. The summed E-state index contributed by atoms with van der Waals surface area (Å²) in [5.74, 6) is -0.222. The highest BCUT2D eigenvalue weighted by Crippen LogP contribution is 2.24. The Morgan fingerprint density at radius 3 is 2.65 bits per heavy atom. The molecule has 0 aliphatic heterocycles. The number of carbonyl (C=O) groups excluding carboxylic acids is 1. The molecule has 0 N–H and O–H groups in total. The van der Waals surface area contributed by atoms with Crippen molar-refractivity contribution in [1.29, 1.82) is 0 Å². The van der Waals surface area contributed by atoms with Crippen molar-refractivity contribution in [3.63, 3.8) is 0 Å². The van der Waals surface area contributed by atoms with Crippen LogP contribution in [0.5, 0.6) is 0 Å². The number of non-ortho nitro benzene ring substituents is 1. The number of rotatable bonds is 7. The van der Waals surface area contributed by atoms with Gasteiger partial charge in [-0.3, -0.25) is 10.1 Å². The summed E-state index contributed by atoms with van der Waals surface area (Å²) in [6.07, 6.45) is -0.720. The number of nitro benzene ring substituents is 1. The van der Waals surface area contributed by atoms with Gasteiger partial charge >= 0.3 is 5.97 Å². The van der Waals surface area contributed by atoms with Gasteiger partial charge < -0.3 is 13.9 Å². The molecule has 0 aliphatic rings. The lowest BCUT2D eigenvalue weighted by Gasteiger charge is -2.08. The van der Waals surface area contributed by atoms with E-state index in [1.165, 1.54) is 24.3 Å². The molecular weight excluding hydrogens is 306 g/mol. The number of ether oxygens (including phenoxy) is 2. The van der Waals surface area contributed by atoms with Crippen molar-refractivity contribution in [2.24, 2.45) is 0 Å². The minimum atomic E-state index is -0.720. The highest BCUT2D eigenvalue weighted by molar-refractivity contribution is 5.70. The van der Waals surface area contributed by atoms with Gasteiger partial charge in [-0.15, -0.1) is 10.2 Å². The molecule has 9 heteroatoms. The first-order chi connectivity index (χ1) is 11.0. The molecule has 2 aromatic rings. The topological polar surface area (TPSA) is 118 Å². The van der Waals surface area contributed by atoms with E-state index in [-0.39, 0.29) is 24.1 Å². The van der Waals surface area contributed by atoms with E-state index < -0.39 is 17.0 Å². The van der Waals surface area contributed by atoms with E-state index in [1.807, 2.05) is 0 Å². The Labute approximate surface area is 131 Å². The zero-order valence-corrected chi connectivity index (χ0v) is 12.6. The van der Waals surface area contributed by atoms with Crippen molar-refractivity contribution >= 4 is 11.7 Å². The quantitative estimate of drug-likeness (QED) is 0.433. The van der Waals surface area contributed by atoms with Gasteiger partial charge in [-0.1, -0.05) is 0 Å². The zero-order valence-electron chi connectivity index (χ0n) is 12.6. The molecule has 9 nitrogen and oxygen atoms in total. The molecule has 1 heterocycles. The molecule has 0 aliphatic carbocycles. The molecule has 1 aromatic heterocycles. The van der Waals surface area contributed by atoms with Crippen LogP contribution in [-0.4, -0.2) is 34.3 Å². The van der Waals surface area contributed by atoms with Gasteiger partial charge in [0.05, 0.1) is 4.92 Å². The molecule has 0 saturated heterocycles. The fourth-order valence-electron chi connectivity index (χ4n) is 1.71. The number of hydrogen-bond acceptors (Lipinski definition) is 8. The fraction of sp³-hybridized carbons (Fsp3) is 0.357. The van der Waals surface area contributed by atoms with Crippen molar-refractivity contribution in [2.75, 3.05) is 13.2 Å². The minimum Gasteiger partial charge on any atom is -0.451 e. The third-order valence-corrected chi connectivity index (χ3v) is 2.85. The lowest BCUT2D eigenvalue weighted by atomic mass is 10.2. The van der Waals surface area contributed by atoms with Crippen molar-refractivity contribution in [3.05, 3.63) is 40.3 Å². The van der Waals surface area contributed by atoms with Gasteiger partial charge in [-0.2, -0.15) is 0 Å². The number of aromatic nitrogens is 2. The predicted octanol–water partition coefficient (Wildman–Crippen LogP) is 2.29. The van der Waals surface area contributed by atoms with Crippen LogP contribution in [0.3, 0.4) is 0 Å². The summed E-state index contributed by atoms with van der Waals surface area (Å²) >= 11 is 0. The molecule has 0 radical (unpaired) electrons. The Kier molecular flexibility index (Phi) is 5.36. The summed E-state index contributed by atoms with van der Waals surface area (Å²) < 4.78 is 15.5. The standard InChI is InChI=1S/C14H15N3O6/c1-3-21-8-12(18)22-9(2)13-15-16-14(23-13)10-4-6-11(7-5-10)17(19)20/h4-7,9H,3,8H2,1-2H3/t9-/m1/s1. The maximum absolute atomic E-state index is 11.5. The Bertz CT molecular complexity index is 682. The summed E-state index contributed by atoms with van der Waals surface area (Å²) in [5, 5.41) is 18.3. The van der Waals surface area contributed by atoms with Crippen LogP contribution in [0.2, 0.25) is 0 Å². The first-order valence-electron chi connectivity index (χ1n) is 6.86. The van der Waals surface area contributed by atoms with Crippen LogP contribution >= 0.6 is 0 Å². The molecule has 0 fully saturated rings. The molecule has 122 valence electrons. The van der Waals surface area contributed by atoms with Gasteiger partial charge in [0.2, 0.25) is 5.89 Å². The van der Waals surface area contributed by atoms with Crippen molar-refractivity contribution in [1.82, 2.24) is 10.2 Å². The largest absolute Gasteiger partial charge is 0.451 e. The number of esters is 1. The monoisotopic (exact) mass is 321 g/mol. The lowest BCUT2D eigenvalue weighted by Crippen LogP contribution is -2.15. The average molecular weight is 321 g/mol. The summed E-state index contributed by atoms with van der Waals surface area (Å²) in [7, 11) is 0. The molecule has 0 unspecified atom stereocenters. The van der Waals surface area contributed by atoms with E-state index in [0.29, 0.717) is 12.2 Å². The van der Waals surface area contributed by atoms with Gasteiger partial charge in [-0.05, 0) is 26.0 Å². The van der Waals surface area contributed by atoms with Gasteiger partial charge in [0, 0.05) is 24.3 Å². The number of nitrogens with zero attached hydrogens (tertiary/aromatic N) is 3. The van der Waals surface area contributed by atoms with E-state index in [1.54, 1.807) is 13.8 Å². The third kappa shape index (κ3) is 4.33. The molecule has 0 amide bonds. The Balaban J connectivity index is 2.04. The maximum atomic E-state index is 11.5. The third-order valence-electron chi connectivity index (χ3n) is 2.85. The van der Waals surface area contributed by atoms with Crippen LogP contribution in [-0.2, 0) is 14.3 Å². The molecule has 2 rings (SSSR count). The van der Waals surface area contributed by atoms with Gasteiger partial charge in [-0.25, -0.2) is 4.79 Å². The maximum Gasteiger partial charge on any atom is 0.332 e. The van der Waals surface area contributed by atoms with E-state index in [2.05, 4.69) is 10.2 Å². The average Bonchev–Trinajstić information content (AvgIpc) is 3.03. The second-order valence-electron chi connectivity index (χ2n) is 4.52. The van der Waals surface area contributed by atoms with Crippen LogP contribution in [0.1, 0.15) is 25.8 Å². The van der Waals surface area contributed by atoms with Crippen LogP contribution in [0.4, 0.5) is 5.69 Å². The van der Waals surface area contributed by atoms with Gasteiger partial charge in [0.15, 0.2) is 6.10 Å². The Morgan fingerprint density at radius 2 is 2.04 bits per heavy atom. The molecule has 0 spiro atoms. The second-order valence-corrected chi connectivity index (χ2v) is 4.52. The number of hydrogen-bond donors (Lipinski definition) is 0. The van der Waals surface area contributed by atoms with Crippen LogP contribution in [0, 0.1) is 10.1 Å². The Morgan fingerprint density at radius 1 is 1.35 bits per heavy atom. The zero-order chi connectivity index (χ0) is 16.8. The second kappa shape index (κ2) is 7.45. The smallest absolute Gasteiger partial charge is 0.332 e. The van der Waals surface area contributed by atoms with Crippen LogP contribution < -0.4 is 0 Å². The lowest BCUT2D eigenvalue weighted by molar-refractivity contribution is -0.384. The first-order valence-corrected chi connectivity index (χ1v) is 6.86. The Hall–Kier alpha value is -2.81. The van der Waals surface area contributed by atoms with Crippen LogP contribution in [0.25, 0.3) is 11.5 Å². The molecular formula is C14H15N3O6. The van der Waals surface area contributed by atoms with E-state index in [4.69, 9.17) is 13.9 Å². The van der Waals surface area contributed by atoms with E-state index in [9.17, 15) is 14.9 Å². The SMILES string of the molecule is CCOCC(=O)O[C@H](C)c1nnc(-c2ccc([N+](=O)[O-])cc2)o1. The van der Waals surface area contributed by atoms with E-state index >= 15 is 0 Å². The molecule has 1 aromatic carbocycles.